The average Bonchev–Trinajstić information content (AvgIpc) is 3.63. The molecule has 0 spiro atoms. The molecular formula is C27H32N6O3. The molecule has 2 aliphatic heterocycles. The summed E-state index contributed by atoms with van der Waals surface area (Å²) in [4.78, 5) is 25.3. The molecule has 0 radical (unpaired) electrons. The van der Waals surface area contributed by atoms with Crippen LogP contribution < -0.4 is 10.5 Å². The van der Waals surface area contributed by atoms with Crippen LogP contribution in [0.25, 0.3) is 28.1 Å². The van der Waals surface area contributed by atoms with Gasteiger partial charge in [0, 0.05) is 47.4 Å². The molecular weight excluding hydrogens is 456 g/mol. The number of imidazole rings is 1. The molecule has 3 atom stereocenters. The molecule has 188 valence electrons. The van der Waals surface area contributed by atoms with E-state index in [0.717, 1.165) is 59.5 Å². The lowest BCUT2D eigenvalue weighted by Crippen LogP contribution is -2.40. The molecule has 4 aromatic rings. The lowest BCUT2D eigenvalue weighted by atomic mass is 9.97. The zero-order valence-electron chi connectivity index (χ0n) is 20.9. The molecule has 2 fully saturated rings. The Labute approximate surface area is 209 Å². The van der Waals surface area contributed by atoms with Crippen LogP contribution in [-0.4, -0.2) is 66.7 Å². The van der Waals surface area contributed by atoms with E-state index in [2.05, 4.69) is 19.1 Å². The summed E-state index contributed by atoms with van der Waals surface area (Å²) in [6, 6.07) is 10.2. The summed E-state index contributed by atoms with van der Waals surface area (Å²) in [6.45, 7) is 4.46. The number of nitrogens with zero attached hydrogens (tertiary/aromatic N) is 5. The maximum atomic E-state index is 13.6. The number of aliphatic hydroxyl groups is 1. The molecule has 6 rings (SSSR count). The van der Waals surface area contributed by atoms with Gasteiger partial charge in [-0.15, -0.1) is 0 Å². The number of carbonyl (C=O) groups is 1. The Morgan fingerprint density at radius 3 is 2.72 bits per heavy atom. The van der Waals surface area contributed by atoms with Crippen molar-refractivity contribution in [1.82, 2.24) is 23.8 Å². The first-order valence-corrected chi connectivity index (χ1v) is 12.7. The van der Waals surface area contributed by atoms with Gasteiger partial charge in [-0.3, -0.25) is 9.20 Å². The van der Waals surface area contributed by atoms with Gasteiger partial charge in [-0.2, -0.15) is 0 Å². The molecule has 3 N–H and O–H groups in total. The number of nitrogens with two attached hydrogens (primary N) is 1. The molecule has 6 heterocycles. The van der Waals surface area contributed by atoms with E-state index in [1.165, 1.54) is 0 Å². The summed E-state index contributed by atoms with van der Waals surface area (Å²) in [7, 11) is 1.61. The van der Waals surface area contributed by atoms with Crippen LogP contribution in [0, 0.1) is 6.92 Å². The maximum Gasteiger partial charge on any atom is 0.254 e. The summed E-state index contributed by atoms with van der Waals surface area (Å²) in [5.41, 5.74) is 11.9. The number of fused-ring (bicyclic) bond motifs is 4. The van der Waals surface area contributed by atoms with Crippen LogP contribution >= 0.6 is 0 Å². The molecule has 1 amide bonds. The van der Waals surface area contributed by atoms with Gasteiger partial charge in [0.1, 0.15) is 17.0 Å². The average molecular weight is 489 g/mol. The SMILES string of the molecule is CCc1ccc2cc(-c3nc4cc(C(=O)N5[C@H]6CC[C@@H]5[C@H](N)C6)cc(OC)n4c3C)n(CCO)c2n1. The third-order valence-corrected chi connectivity index (χ3v) is 7.92. The molecule has 0 unspecified atom stereocenters. The molecule has 4 aromatic heterocycles. The first-order chi connectivity index (χ1) is 17.4. The van der Waals surface area contributed by atoms with Gasteiger partial charge in [-0.25, -0.2) is 9.97 Å². The molecule has 9 heteroatoms. The van der Waals surface area contributed by atoms with E-state index < -0.39 is 0 Å². The Kier molecular flexibility index (Phi) is 5.49. The monoisotopic (exact) mass is 488 g/mol. The fourth-order valence-corrected chi connectivity index (χ4v) is 6.18. The van der Waals surface area contributed by atoms with Crippen molar-refractivity contribution in [2.45, 2.75) is 64.2 Å². The maximum absolute atomic E-state index is 13.6. The second-order valence-electron chi connectivity index (χ2n) is 9.91. The fraction of sp³-hybridized carbons (Fsp3) is 0.444. The Balaban J connectivity index is 1.49. The number of aryl methyl sites for hydroxylation is 2. The van der Waals surface area contributed by atoms with Crippen molar-refractivity contribution in [3.05, 3.63) is 47.3 Å². The Bertz CT molecular complexity index is 1490. The largest absolute Gasteiger partial charge is 0.482 e. The zero-order valence-corrected chi connectivity index (χ0v) is 20.9. The number of amides is 1. The molecule has 0 saturated carbocycles. The Morgan fingerprint density at radius 2 is 2.06 bits per heavy atom. The zero-order chi connectivity index (χ0) is 25.1. The molecule has 2 saturated heterocycles. The van der Waals surface area contributed by atoms with Crippen molar-refractivity contribution >= 4 is 22.6 Å². The third kappa shape index (κ3) is 3.33. The van der Waals surface area contributed by atoms with Gasteiger partial charge >= 0.3 is 0 Å². The normalized spacial score (nSPS) is 21.2. The smallest absolute Gasteiger partial charge is 0.254 e. The quantitative estimate of drug-likeness (QED) is 0.432. The summed E-state index contributed by atoms with van der Waals surface area (Å²) in [5.74, 6) is 0.545. The van der Waals surface area contributed by atoms with Crippen LogP contribution in [0.4, 0.5) is 0 Å². The van der Waals surface area contributed by atoms with Gasteiger partial charge in [0.05, 0.1) is 25.1 Å². The van der Waals surface area contributed by atoms with Gasteiger partial charge < -0.3 is 25.0 Å². The van der Waals surface area contributed by atoms with Crippen molar-refractivity contribution in [3.8, 4) is 17.3 Å². The van der Waals surface area contributed by atoms with Crippen LogP contribution in [-0.2, 0) is 13.0 Å². The molecule has 2 aliphatic rings. The minimum Gasteiger partial charge on any atom is -0.482 e. The van der Waals surface area contributed by atoms with E-state index >= 15 is 0 Å². The lowest BCUT2D eigenvalue weighted by Gasteiger charge is -2.23. The van der Waals surface area contributed by atoms with Crippen LogP contribution in [0.3, 0.4) is 0 Å². The number of pyridine rings is 2. The standard InChI is InChI=1S/C27H32N6O3/c1-4-18-6-5-16-11-22(31(9-10-34)26(16)29-18)25-15(2)32-23(30-25)12-17(13-24(32)36-3)27(35)33-19-7-8-21(33)20(28)14-19/h5-6,11-13,19-21,34H,4,7-10,14,28H2,1-3H3/t19-,20+,21+/m0/s1. The Morgan fingerprint density at radius 1 is 1.22 bits per heavy atom. The van der Waals surface area contributed by atoms with Crippen molar-refractivity contribution < 1.29 is 14.6 Å². The van der Waals surface area contributed by atoms with E-state index in [1.807, 2.05) is 32.9 Å². The first kappa shape index (κ1) is 23.0. The van der Waals surface area contributed by atoms with Gasteiger partial charge in [-0.1, -0.05) is 6.92 Å². The molecule has 36 heavy (non-hydrogen) atoms. The van der Waals surface area contributed by atoms with Crippen LogP contribution in [0.5, 0.6) is 5.88 Å². The highest BCUT2D eigenvalue weighted by Gasteiger charge is 2.47. The third-order valence-electron chi connectivity index (χ3n) is 7.92. The lowest BCUT2D eigenvalue weighted by molar-refractivity contribution is 0.0726. The number of rotatable bonds is 6. The van der Waals surface area contributed by atoms with E-state index in [1.54, 1.807) is 13.2 Å². The van der Waals surface area contributed by atoms with E-state index in [9.17, 15) is 9.90 Å². The topological polar surface area (TPSA) is 111 Å². The van der Waals surface area contributed by atoms with Gasteiger partial charge in [-0.05, 0) is 56.9 Å². The van der Waals surface area contributed by atoms with Crippen LogP contribution in [0.15, 0.2) is 30.3 Å². The van der Waals surface area contributed by atoms with Gasteiger partial charge in [0.15, 0.2) is 5.88 Å². The van der Waals surface area contributed by atoms with Crippen molar-refractivity contribution in [2.75, 3.05) is 13.7 Å². The van der Waals surface area contributed by atoms with Crippen molar-refractivity contribution in [3.63, 3.8) is 0 Å². The van der Waals surface area contributed by atoms with E-state index in [0.29, 0.717) is 23.6 Å². The number of ether oxygens (including phenoxy) is 1. The highest BCUT2D eigenvalue weighted by Crippen LogP contribution is 2.39. The van der Waals surface area contributed by atoms with Crippen molar-refractivity contribution in [2.24, 2.45) is 5.73 Å². The summed E-state index contributed by atoms with van der Waals surface area (Å²) in [5, 5.41) is 10.8. The van der Waals surface area contributed by atoms with Crippen LogP contribution in [0.1, 0.15) is 47.9 Å². The van der Waals surface area contributed by atoms with Crippen LogP contribution in [0.2, 0.25) is 0 Å². The second kappa shape index (κ2) is 8.60. The molecule has 9 nitrogen and oxygen atoms in total. The number of carbonyl (C=O) groups excluding carboxylic acids is 1. The number of hydrogen-bond donors (Lipinski definition) is 2. The predicted molar refractivity (Wildman–Crippen MR) is 137 cm³/mol. The van der Waals surface area contributed by atoms with E-state index in [-0.39, 0.29) is 30.6 Å². The van der Waals surface area contributed by atoms with Gasteiger partial charge in [0.2, 0.25) is 0 Å². The molecule has 0 aliphatic carbocycles. The summed E-state index contributed by atoms with van der Waals surface area (Å²) < 4.78 is 9.69. The van der Waals surface area contributed by atoms with Gasteiger partial charge in [0.25, 0.3) is 5.91 Å². The number of aliphatic hydroxyl groups excluding tert-OH is 1. The highest BCUT2D eigenvalue weighted by molar-refractivity contribution is 5.96. The first-order valence-electron chi connectivity index (χ1n) is 12.7. The number of aromatic nitrogens is 4. The number of methoxy groups -OCH3 is 1. The van der Waals surface area contributed by atoms with Crippen molar-refractivity contribution in [1.29, 1.82) is 0 Å². The minimum absolute atomic E-state index is 0.0101. The fourth-order valence-electron chi connectivity index (χ4n) is 6.18. The number of hydrogen-bond acceptors (Lipinski definition) is 6. The second-order valence-corrected chi connectivity index (χ2v) is 9.91. The minimum atomic E-state index is -0.0104. The highest BCUT2D eigenvalue weighted by atomic mass is 16.5. The summed E-state index contributed by atoms with van der Waals surface area (Å²) in [6.07, 6.45) is 3.68. The Hall–Kier alpha value is -3.43. The molecule has 0 aromatic carbocycles. The van der Waals surface area contributed by atoms with E-state index in [4.69, 9.17) is 20.4 Å². The molecule has 2 bridgehead atoms. The predicted octanol–water partition coefficient (Wildman–Crippen LogP) is 2.93. The summed E-state index contributed by atoms with van der Waals surface area (Å²) >= 11 is 0.